The van der Waals surface area contributed by atoms with E-state index < -0.39 is 0 Å². The quantitative estimate of drug-likeness (QED) is 0.843. The van der Waals surface area contributed by atoms with Crippen LogP contribution in [0.5, 0.6) is 0 Å². The largest absolute Gasteiger partial charge is 0.379 e. The molecule has 2 aromatic rings. The summed E-state index contributed by atoms with van der Waals surface area (Å²) in [6.07, 6.45) is 0. The van der Waals surface area contributed by atoms with Crippen molar-refractivity contribution in [2.75, 3.05) is 12.4 Å². The number of anilines is 1. The predicted molar refractivity (Wildman–Crippen MR) is 81.6 cm³/mol. The molecule has 0 radical (unpaired) electrons. The Balaban J connectivity index is 2.25. The Bertz CT molecular complexity index is 596. The Labute approximate surface area is 117 Å². The van der Waals surface area contributed by atoms with E-state index in [1.54, 1.807) is 19.2 Å². The van der Waals surface area contributed by atoms with Gasteiger partial charge < -0.3 is 10.6 Å². The maximum atomic E-state index is 12.1. The van der Waals surface area contributed by atoms with E-state index >= 15 is 0 Å². The second kappa shape index (κ2) is 6.11. The number of amides is 1. The Morgan fingerprint density at radius 3 is 2.32 bits per heavy atom. The van der Waals surface area contributed by atoms with Crippen molar-refractivity contribution in [1.29, 1.82) is 0 Å². The molecular formula is C15H14N2OS. The second-order valence-electron chi connectivity index (χ2n) is 3.94. The average molecular weight is 270 g/mol. The maximum Gasteiger partial charge on any atom is 0.255 e. The van der Waals surface area contributed by atoms with Gasteiger partial charge in [-0.15, -0.1) is 0 Å². The molecule has 0 aliphatic rings. The molecule has 0 unspecified atom stereocenters. The predicted octanol–water partition coefficient (Wildman–Crippen LogP) is 2.83. The van der Waals surface area contributed by atoms with Gasteiger partial charge in [0.25, 0.3) is 5.91 Å². The molecule has 0 aliphatic carbocycles. The molecule has 0 aromatic heterocycles. The number of carbonyl (C=O) groups is 1. The van der Waals surface area contributed by atoms with E-state index in [0.29, 0.717) is 16.2 Å². The number of hydrogen-bond donors (Lipinski definition) is 2. The summed E-state index contributed by atoms with van der Waals surface area (Å²) in [7, 11) is 1.76. The maximum absolute atomic E-state index is 12.1. The first kappa shape index (κ1) is 13.2. The molecule has 96 valence electrons. The Morgan fingerprint density at radius 1 is 1.00 bits per heavy atom. The third kappa shape index (κ3) is 3.17. The Hall–Kier alpha value is -2.20. The first-order valence-corrected chi connectivity index (χ1v) is 6.30. The highest BCUT2D eigenvalue weighted by atomic mass is 32.1. The van der Waals surface area contributed by atoms with Crippen LogP contribution in [0.4, 0.5) is 5.69 Å². The van der Waals surface area contributed by atoms with Crippen LogP contribution in [0.15, 0.2) is 54.6 Å². The van der Waals surface area contributed by atoms with Gasteiger partial charge in [-0.2, -0.15) is 0 Å². The number of thiocarbonyl (C=S) groups is 1. The minimum Gasteiger partial charge on any atom is -0.379 e. The summed E-state index contributed by atoms with van der Waals surface area (Å²) in [4.78, 5) is 12.7. The number of carbonyl (C=O) groups excluding carboxylic acids is 1. The number of nitrogens with one attached hydrogen (secondary N) is 2. The zero-order chi connectivity index (χ0) is 13.7. The number of hydrogen-bond acceptors (Lipinski definition) is 2. The zero-order valence-corrected chi connectivity index (χ0v) is 11.3. The van der Waals surface area contributed by atoms with Gasteiger partial charge in [-0.3, -0.25) is 4.79 Å². The van der Waals surface area contributed by atoms with Gasteiger partial charge in [0.1, 0.15) is 4.99 Å². The Morgan fingerprint density at radius 2 is 1.63 bits per heavy atom. The smallest absolute Gasteiger partial charge is 0.255 e. The number of benzene rings is 2. The molecule has 0 atom stereocenters. The molecular weight excluding hydrogens is 256 g/mol. The van der Waals surface area contributed by atoms with Crippen LogP contribution in [0, 0.1) is 0 Å². The highest BCUT2D eigenvalue weighted by Gasteiger charge is 2.10. The van der Waals surface area contributed by atoms with Gasteiger partial charge in [-0.25, -0.2) is 0 Å². The Kier molecular flexibility index (Phi) is 4.26. The van der Waals surface area contributed by atoms with Crippen LogP contribution in [-0.2, 0) is 0 Å². The minimum atomic E-state index is -0.146. The summed E-state index contributed by atoms with van der Waals surface area (Å²) >= 11 is 5.22. The van der Waals surface area contributed by atoms with Crippen molar-refractivity contribution >= 4 is 28.8 Å². The van der Waals surface area contributed by atoms with E-state index in [1.807, 2.05) is 42.5 Å². The van der Waals surface area contributed by atoms with E-state index in [2.05, 4.69) is 10.6 Å². The lowest BCUT2D eigenvalue weighted by molar-refractivity contribution is 0.102. The summed E-state index contributed by atoms with van der Waals surface area (Å²) in [6, 6.07) is 16.5. The molecule has 2 N–H and O–H groups in total. The van der Waals surface area contributed by atoms with E-state index in [0.717, 1.165) is 5.56 Å². The molecule has 0 saturated heterocycles. The lowest BCUT2D eigenvalue weighted by atomic mass is 10.1. The standard InChI is InChI=1S/C15H14N2OS/c1-16-15(19)12-9-5-6-10-13(12)17-14(18)11-7-3-2-4-8-11/h2-10H,1H3,(H,16,19)(H,17,18). The fourth-order valence-electron chi connectivity index (χ4n) is 1.71. The molecule has 19 heavy (non-hydrogen) atoms. The van der Waals surface area contributed by atoms with Crippen LogP contribution in [0.2, 0.25) is 0 Å². The molecule has 0 bridgehead atoms. The summed E-state index contributed by atoms with van der Waals surface area (Å²) < 4.78 is 0. The third-order valence-corrected chi connectivity index (χ3v) is 3.11. The van der Waals surface area contributed by atoms with Gasteiger partial charge in [0.05, 0.1) is 5.69 Å². The highest BCUT2D eigenvalue weighted by Crippen LogP contribution is 2.16. The molecule has 3 nitrogen and oxygen atoms in total. The van der Waals surface area contributed by atoms with E-state index in [1.165, 1.54) is 0 Å². The first-order valence-electron chi connectivity index (χ1n) is 5.90. The monoisotopic (exact) mass is 270 g/mol. The van der Waals surface area contributed by atoms with Crippen LogP contribution >= 0.6 is 12.2 Å². The highest BCUT2D eigenvalue weighted by molar-refractivity contribution is 7.80. The van der Waals surface area contributed by atoms with Crippen molar-refractivity contribution in [2.45, 2.75) is 0 Å². The topological polar surface area (TPSA) is 41.1 Å². The fraction of sp³-hybridized carbons (Fsp3) is 0.0667. The molecule has 2 rings (SSSR count). The van der Waals surface area contributed by atoms with Gasteiger partial charge in [0, 0.05) is 18.2 Å². The fourth-order valence-corrected chi connectivity index (χ4v) is 1.89. The summed E-state index contributed by atoms with van der Waals surface area (Å²) in [5.74, 6) is -0.146. The van der Waals surface area contributed by atoms with Crippen LogP contribution in [0.25, 0.3) is 0 Å². The summed E-state index contributed by atoms with van der Waals surface area (Å²) in [6.45, 7) is 0. The lowest BCUT2D eigenvalue weighted by Crippen LogP contribution is -2.20. The van der Waals surface area contributed by atoms with E-state index in [9.17, 15) is 4.79 Å². The van der Waals surface area contributed by atoms with Gasteiger partial charge in [-0.05, 0) is 24.3 Å². The molecule has 0 fully saturated rings. The minimum absolute atomic E-state index is 0.146. The molecule has 2 aromatic carbocycles. The number of rotatable bonds is 3. The normalized spacial score (nSPS) is 9.74. The third-order valence-electron chi connectivity index (χ3n) is 2.68. The van der Waals surface area contributed by atoms with Gasteiger partial charge in [0.15, 0.2) is 0 Å². The van der Waals surface area contributed by atoms with Gasteiger partial charge >= 0.3 is 0 Å². The average Bonchev–Trinajstić information content (AvgIpc) is 2.48. The molecule has 0 spiro atoms. The van der Waals surface area contributed by atoms with Gasteiger partial charge in [-0.1, -0.05) is 42.5 Å². The number of para-hydroxylation sites is 1. The van der Waals surface area contributed by atoms with Crippen LogP contribution in [0.3, 0.4) is 0 Å². The van der Waals surface area contributed by atoms with Crippen molar-refractivity contribution < 1.29 is 4.79 Å². The van der Waals surface area contributed by atoms with E-state index in [-0.39, 0.29) is 5.91 Å². The van der Waals surface area contributed by atoms with Crippen molar-refractivity contribution in [1.82, 2.24) is 5.32 Å². The zero-order valence-electron chi connectivity index (χ0n) is 10.5. The molecule has 0 aliphatic heterocycles. The molecule has 0 saturated carbocycles. The SMILES string of the molecule is CNC(=S)c1ccccc1NC(=O)c1ccccc1. The molecule has 1 amide bonds. The summed E-state index contributed by atoms with van der Waals surface area (Å²) in [5.41, 5.74) is 2.13. The first-order chi connectivity index (χ1) is 9.22. The van der Waals surface area contributed by atoms with Crippen molar-refractivity contribution in [2.24, 2.45) is 0 Å². The van der Waals surface area contributed by atoms with Crippen LogP contribution in [0.1, 0.15) is 15.9 Å². The van der Waals surface area contributed by atoms with Crippen molar-refractivity contribution in [3.63, 3.8) is 0 Å². The molecule has 4 heteroatoms. The van der Waals surface area contributed by atoms with Crippen molar-refractivity contribution in [3.8, 4) is 0 Å². The van der Waals surface area contributed by atoms with Gasteiger partial charge in [0.2, 0.25) is 0 Å². The molecule has 0 heterocycles. The lowest BCUT2D eigenvalue weighted by Gasteiger charge is -2.11. The second-order valence-corrected chi connectivity index (χ2v) is 4.35. The van der Waals surface area contributed by atoms with E-state index in [4.69, 9.17) is 12.2 Å². The van der Waals surface area contributed by atoms with Crippen molar-refractivity contribution in [3.05, 3.63) is 65.7 Å². The summed E-state index contributed by atoms with van der Waals surface area (Å²) in [5, 5.41) is 5.79. The van der Waals surface area contributed by atoms with Crippen LogP contribution in [-0.4, -0.2) is 17.9 Å². The van der Waals surface area contributed by atoms with Crippen LogP contribution < -0.4 is 10.6 Å².